The van der Waals surface area contributed by atoms with Gasteiger partial charge in [0.25, 0.3) is 5.69 Å². The number of hydrogen-bond acceptors (Lipinski definition) is 7. The lowest BCUT2D eigenvalue weighted by molar-refractivity contribution is -0.384. The van der Waals surface area contributed by atoms with Crippen molar-refractivity contribution in [1.82, 2.24) is 0 Å². The first kappa shape index (κ1) is 16.7. The van der Waals surface area contributed by atoms with Crippen LogP contribution in [-0.2, 0) is 14.3 Å². The van der Waals surface area contributed by atoms with Crippen LogP contribution in [-0.4, -0.2) is 23.3 Å². The van der Waals surface area contributed by atoms with Crippen molar-refractivity contribution in [2.75, 3.05) is 0 Å². The zero-order chi connectivity index (χ0) is 16.8. The summed E-state index contributed by atoms with van der Waals surface area (Å²) in [5.74, 6) is -0.417. The number of ether oxygens (including phenoxy) is 3. The van der Waals surface area contributed by atoms with Crippen molar-refractivity contribution in [3.63, 3.8) is 0 Å². The van der Waals surface area contributed by atoms with E-state index >= 15 is 0 Å². The van der Waals surface area contributed by atoms with E-state index in [1.54, 1.807) is 0 Å². The first-order chi connectivity index (χ1) is 11.0. The highest BCUT2D eigenvalue weighted by Gasteiger charge is 2.26. The first-order valence-electron chi connectivity index (χ1n) is 7.29. The fraction of sp³-hybridized carbons (Fsp3) is 0.467. The van der Waals surface area contributed by atoms with Crippen LogP contribution in [0.15, 0.2) is 24.3 Å². The average molecular weight is 323 g/mol. The van der Waals surface area contributed by atoms with E-state index in [1.807, 2.05) is 0 Å². The summed E-state index contributed by atoms with van der Waals surface area (Å²) in [7, 11) is 0. The van der Waals surface area contributed by atoms with E-state index in [1.165, 1.54) is 31.2 Å². The van der Waals surface area contributed by atoms with Gasteiger partial charge in [-0.05, 0) is 25.0 Å². The van der Waals surface area contributed by atoms with Crippen molar-refractivity contribution < 1.29 is 28.7 Å². The summed E-state index contributed by atoms with van der Waals surface area (Å²) in [6, 6.07) is 4.95. The zero-order valence-electron chi connectivity index (χ0n) is 12.6. The fourth-order valence-electron chi connectivity index (χ4n) is 2.34. The van der Waals surface area contributed by atoms with Crippen LogP contribution >= 0.6 is 0 Å². The number of nitro groups is 1. The van der Waals surface area contributed by atoms with Gasteiger partial charge in [0.2, 0.25) is 6.29 Å². The molecule has 1 aromatic carbocycles. The van der Waals surface area contributed by atoms with Crippen molar-refractivity contribution in [3.05, 3.63) is 34.4 Å². The van der Waals surface area contributed by atoms with Gasteiger partial charge in [-0.3, -0.25) is 14.9 Å². The van der Waals surface area contributed by atoms with Gasteiger partial charge >= 0.3 is 12.1 Å². The largest absolute Gasteiger partial charge is 0.516 e. The van der Waals surface area contributed by atoms with Crippen LogP contribution in [0.1, 0.15) is 32.6 Å². The molecule has 1 atom stereocenters. The zero-order valence-corrected chi connectivity index (χ0v) is 12.6. The molecular weight excluding hydrogens is 306 g/mol. The van der Waals surface area contributed by atoms with Crippen molar-refractivity contribution in [1.29, 1.82) is 0 Å². The molecule has 0 saturated heterocycles. The molecule has 23 heavy (non-hydrogen) atoms. The lowest BCUT2D eigenvalue weighted by atomic mass is 10.1. The first-order valence-corrected chi connectivity index (χ1v) is 7.29. The topological polar surface area (TPSA) is 105 Å². The van der Waals surface area contributed by atoms with E-state index in [0.29, 0.717) is 0 Å². The van der Waals surface area contributed by atoms with Crippen LogP contribution in [0.25, 0.3) is 0 Å². The van der Waals surface area contributed by atoms with Gasteiger partial charge in [0.15, 0.2) is 0 Å². The standard InChI is InChI=1S/C15H17NO7/c1-10(21-14(17)11-4-2-3-5-11)22-15(18)23-13-8-6-12(7-9-13)16(19)20/h6-11H,2-5H2,1H3. The number of nitro benzene ring substituents is 1. The highest BCUT2D eigenvalue weighted by molar-refractivity contribution is 5.73. The summed E-state index contributed by atoms with van der Waals surface area (Å²) in [4.78, 5) is 33.3. The molecular formula is C15H17NO7. The second kappa shape index (κ2) is 7.57. The summed E-state index contributed by atoms with van der Waals surface area (Å²) < 4.78 is 14.7. The summed E-state index contributed by atoms with van der Waals surface area (Å²) in [6.07, 6.45) is 1.46. The summed E-state index contributed by atoms with van der Waals surface area (Å²) in [6.45, 7) is 1.42. The monoisotopic (exact) mass is 323 g/mol. The highest BCUT2D eigenvalue weighted by atomic mass is 16.8. The Hall–Kier alpha value is -2.64. The third kappa shape index (κ3) is 4.94. The van der Waals surface area contributed by atoms with Crippen LogP contribution in [0.3, 0.4) is 0 Å². The smallest absolute Gasteiger partial charge is 0.425 e. The van der Waals surface area contributed by atoms with Gasteiger partial charge in [-0.25, -0.2) is 4.79 Å². The van der Waals surface area contributed by atoms with Crippen molar-refractivity contribution >= 4 is 17.8 Å². The molecule has 1 aliphatic carbocycles. The Morgan fingerprint density at radius 1 is 1.17 bits per heavy atom. The number of benzene rings is 1. The van der Waals surface area contributed by atoms with Gasteiger partial charge in [-0.2, -0.15) is 0 Å². The van der Waals surface area contributed by atoms with Crippen LogP contribution < -0.4 is 4.74 Å². The molecule has 1 fully saturated rings. The Morgan fingerprint density at radius 3 is 2.35 bits per heavy atom. The number of carbonyl (C=O) groups excluding carboxylic acids is 2. The van der Waals surface area contributed by atoms with E-state index in [2.05, 4.69) is 0 Å². The maximum atomic E-state index is 11.8. The molecule has 8 nitrogen and oxygen atoms in total. The van der Waals surface area contributed by atoms with Crippen LogP contribution in [0.5, 0.6) is 5.75 Å². The molecule has 0 spiro atoms. The lowest BCUT2D eigenvalue weighted by Gasteiger charge is -2.16. The van der Waals surface area contributed by atoms with Crippen molar-refractivity contribution in [2.24, 2.45) is 5.92 Å². The second-order valence-corrected chi connectivity index (χ2v) is 5.21. The Bertz CT molecular complexity index is 578. The van der Waals surface area contributed by atoms with Gasteiger partial charge in [-0.15, -0.1) is 0 Å². The maximum absolute atomic E-state index is 11.8. The minimum Gasteiger partial charge on any atom is -0.425 e. The molecule has 0 amide bonds. The Morgan fingerprint density at radius 2 is 1.78 bits per heavy atom. The Labute approximate surface area is 132 Å². The molecule has 0 heterocycles. The molecule has 1 unspecified atom stereocenters. The molecule has 0 bridgehead atoms. The molecule has 2 rings (SSSR count). The molecule has 0 radical (unpaired) electrons. The lowest BCUT2D eigenvalue weighted by Crippen LogP contribution is -2.26. The van der Waals surface area contributed by atoms with Gasteiger partial charge < -0.3 is 14.2 Å². The van der Waals surface area contributed by atoms with Gasteiger partial charge in [-0.1, -0.05) is 12.8 Å². The summed E-state index contributed by atoms with van der Waals surface area (Å²) >= 11 is 0. The van der Waals surface area contributed by atoms with Gasteiger partial charge in [0.1, 0.15) is 5.75 Å². The molecule has 1 aromatic rings. The molecule has 0 aliphatic heterocycles. The van der Waals surface area contributed by atoms with Crippen LogP contribution in [0.2, 0.25) is 0 Å². The number of carbonyl (C=O) groups is 2. The van der Waals surface area contributed by atoms with Crippen LogP contribution in [0.4, 0.5) is 10.5 Å². The van der Waals surface area contributed by atoms with Gasteiger partial charge in [0, 0.05) is 19.1 Å². The van der Waals surface area contributed by atoms with E-state index in [0.717, 1.165) is 25.7 Å². The Balaban J connectivity index is 1.79. The number of hydrogen-bond donors (Lipinski definition) is 0. The molecule has 8 heteroatoms. The molecule has 0 N–H and O–H groups in total. The van der Waals surface area contributed by atoms with Crippen LogP contribution in [0, 0.1) is 16.0 Å². The Kier molecular flexibility index (Phi) is 5.51. The quantitative estimate of drug-likeness (QED) is 0.269. The van der Waals surface area contributed by atoms with E-state index < -0.39 is 17.4 Å². The molecule has 1 aliphatic rings. The van der Waals surface area contributed by atoms with Gasteiger partial charge in [0.05, 0.1) is 10.8 Å². The number of non-ortho nitro benzene ring substituents is 1. The van der Waals surface area contributed by atoms with E-state index in [-0.39, 0.29) is 23.3 Å². The molecule has 124 valence electrons. The van der Waals surface area contributed by atoms with E-state index in [4.69, 9.17) is 14.2 Å². The predicted octanol–water partition coefficient (Wildman–Crippen LogP) is 3.19. The minimum absolute atomic E-state index is 0.0925. The SMILES string of the molecule is CC(OC(=O)Oc1ccc([N+](=O)[O-])cc1)OC(=O)C1CCCC1. The summed E-state index contributed by atoms with van der Waals surface area (Å²) in [5.41, 5.74) is -0.121. The highest BCUT2D eigenvalue weighted by Crippen LogP contribution is 2.26. The minimum atomic E-state index is -1.06. The third-order valence-corrected chi connectivity index (χ3v) is 3.48. The number of rotatable bonds is 5. The number of nitrogens with zero attached hydrogens (tertiary/aromatic N) is 1. The fourth-order valence-corrected chi connectivity index (χ4v) is 2.34. The second-order valence-electron chi connectivity index (χ2n) is 5.21. The molecule has 0 aromatic heterocycles. The number of esters is 1. The van der Waals surface area contributed by atoms with Crippen molar-refractivity contribution in [3.8, 4) is 5.75 Å². The average Bonchev–Trinajstić information content (AvgIpc) is 3.01. The maximum Gasteiger partial charge on any atom is 0.516 e. The van der Waals surface area contributed by atoms with E-state index in [9.17, 15) is 19.7 Å². The molecule has 1 saturated carbocycles. The normalized spacial score (nSPS) is 15.7. The summed E-state index contributed by atoms with van der Waals surface area (Å²) in [5, 5.41) is 10.5. The third-order valence-electron chi connectivity index (χ3n) is 3.48. The van der Waals surface area contributed by atoms with Crippen molar-refractivity contribution in [2.45, 2.75) is 38.9 Å². The predicted molar refractivity (Wildman–Crippen MR) is 77.7 cm³/mol.